The second kappa shape index (κ2) is 6.74. The third kappa shape index (κ3) is 3.09. The Bertz CT molecular complexity index is 495. The lowest BCUT2D eigenvalue weighted by atomic mass is 9.91. The highest BCUT2D eigenvalue weighted by Crippen LogP contribution is 2.37. The van der Waals surface area contributed by atoms with E-state index in [4.69, 9.17) is 4.74 Å². The lowest BCUT2D eigenvalue weighted by molar-refractivity contribution is -0.143. The molecule has 0 aliphatic carbocycles. The molecule has 1 aromatic heterocycles. The van der Waals surface area contributed by atoms with Gasteiger partial charge in [0.05, 0.1) is 19.0 Å². The van der Waals surface area contributed by atoms with E-state index in [9.17, 15) is 9.90 Å². The Labute approximate surface area is 125 Å². The van der Waals surface area contributed by atoms with E-state index in [1.165, 1.54) is 0 Å². The van der Waals surface area contributed by atoms with Gasteiger partial charge in [0.2, 0.25) is 5.88 Å². The predicted molar refractivity (Wildman–Crippen MR) is 79.7 cm³/mol. The second-order valence-corrected chi connectivity index (χ2v) is 5.41. The summed E-state index contributed by atoms with van der Waals surface area (Å²) in [5.41, 5.74) is -0.854. The van der Waals surface area contributed by atoms with Gasteiger partial charge in [-0.3, -0.25) is 4.98 Å². The molecule has 1 N–H and O–H groups in total. The molecule has 1 aromatic rings. The van der Waals surface area contributed by atoms with Crippen molar-refractivity contribution in [3.8, 4) is 5.88 Å². The van der Waals surface area contributed by atoms with Gasteiger partial charge in [-0.05, 0) is 25.7 Å². The number of hydrogen-bond acceptors (Lipinski definition) is 5. The summed E-state index contributed by atoms with van der Waals surface area (Å²) in [5.74, 6) is 0.275. The van der Waals surface area contributed by atoms with Gasteiger partial charge in [0, 0.05) is 6.54 Å². The third-order valence-corrected chi connectivity index (χ3v) is 3.88. The summed E-state index contributed by atoms with van der Waals surface area (Å²) in [7, 11) is 0. The number of carbonyl (C=O) groups is 1. The van der Waals surface area contributed by atoms with Crippen LogP contribution in [0.2, 0.25) is 0 Å². The van der Waals surface area contributed by atoms with Gasteiger partial charge in [-0.15, -0.1) is 0 Å². The maximum atomic E-state index is 11.8. The van der Waals surface area contributed by atoms with E-state index in [2.05, 4.69) is 9.97 Å². The fourth-order valence-electron chi connectivity index (χ4n) is 2.96. The molecule has 0 amide bonds. The van der Waals surface area contributed by atoms with Crippen molar-refractivity contribution in [2.24, 2.45) is 0 Å². The van der Waals surface area contributed by atoms with Crippen LogP contribution in [0.25, 0.3) is 0 Å². The Morgan fingerprint density at radius 3 is 2.90 bits per heavy atom. The molecule has 6 nitrogen and oxygen atoms in total. The predicted octanol–water partition coefficient (Wildman–Crippen LogP) is 2.49. The Hall–Kier alpha value is -1.85. The molecule has 1 saturated heterocycles. The number of anilines is 1. The van der Waals surface area contributed by atoms with Gasteiger partial charge in [-0.1, -0.05) is 20.3 Å². The van der Waals surface area contributed by atoms with E-state index < -0.39 is 11.5 Å². The summed E-state index contributed by atoms with van der Waals surface area (Å²) >= 11 is 0. The lowest BCUT2D eigenvalue weighted by Crippen LogP contribution is -2.51. The summed E-state index contributed by atoms with van der Waals surface area (Å²) in [6, 6.07) is 0. The molecular weight excluding hydrogens is 270 g/mol. The topological polar surface area (TPSA) is 75.5 Å². The standard InChI is InChI=1S/C15H23N3O3/c1-3-6-15(14(19)20)7-5-8-18(15)12-10-16-11-13(17-12)21-9-4-2/h10-11H,3-9H2,1-2H3,(H,19,20). The first-order valence-corrected chi connectivity index (χ1v) is 7.60. The summed E-state index contributed by atoms with van der Waals surface area (Å²) in [6.07, 6.45) is 7.03. The molecule has 2 rings (SSSR count). The molecule has 1 unspecified atom stereocenters. The van der Waals surface area contributed by atoms with Crippen LogP contribution in [0.15, 0.2) is 12.4 Å². The first kappa shape index (κ1) is 15.5. The van der Waals surface area contributed by atoms with Gasteiger partial charge in [-0.2, -0.15) is 4.98 Å². The number of carboxylic acid groups (broad SMARTS) is 1. The number of hydrogen-bond donors (Lipinski definition) is 1. The van der Waals surface area contributed by atoms with Gasteiger partial charge in [0.15, 0.2) is 5.82 Å². The van der Waals surface area contributed by atoms with Crippen molar-refractivity contribution in [3.05, 3.63) is 12.4 Å². The first-order valence-electron chi connectivity index (χ1n) is 7.60. The van der Waals surface area contributed by atoms with E-state index >= 15 is 0 Å². The number of rotatable bonds is 7. The van der Waals surface area contributed by atoms with Gasteiger partial charge >= 0.3 is 5.97 Å². The SMILES string of the molecule is CCCOc1cncc(N2CCCC2(CCC)C(=O)O)n1. The average Bonchev–Trinajstić information content (AvgIpc) is 2.91. The molecule has 6 heteroatoms. The molecule has 0 aromatic carbocycles. The Kier molecular flexibility index (Phi) is 4.98. The van der Waals surface area contributed by atoms with Crippen LogP contribution in [0.1, 0.15) is 46.0 Å². The molecule has 21 heavy (non-hydrogen) atoms. The zero-order valence-corrected chi connectivity index (χ0v) is 12.7. The van der Waals surface area contributed by atoms with E-state index in [0.717, 1.165) is 19.3 Å². The van der Waals surface area contributed by atoms with Crippen molar-refractivity contribution >= 4 is 11.8 Å². The normalized spacial score (nSPS) is 21.5. The smallest absolute Gasteiger partial charge is 0.329 e. The van der Waals surface area contributed by atoms with Crippen LogP contribution in [0.5, 0.6) is 5.88 Å². The number of ether oxygens (including phenoxy) is 1. The lowest BCUT2D eigenvalue weighted by Gasteiger charge is -2.35. The number of aliphatic carboxylic acids is 1. The minimum absolute atomic E-state index is 0.456. The van der Waals surface area contributed by atoms with Gasteiger partial charge in [0.1, 0.15) is 5.54 Å². The molecule has 1 atom stereocenters. The summed E-state index contributed by atoms with van der Waals surface area (Å²) < 4.78 is 5.50. The minimum Gasteiger partial charge on any atom is -0.479 e. The van der Waals surface area contributed by atoms with Crippen LogP contribution in [0.3, 0.4) is 0 Å². The molecule has 2 heterocycles. The molecule has 1 aliphatic rings. The van der Waals surface area contributed by atoms with Crippen molar-refractivity contribution in [1.29, 1.82) is 0 Å². The molecule has 0 saturated carbocycles. The second-order valence-electron chi connectivity index (χ2n) is 5.41. The van der Waals surface area contributed by atoms with Crippen LogP contribution in [0, 0.1) is 0 Å². The van der Waals surface area contributed by atoms with Crippen molar-refractivity contribution in [3.63, 3.8) is 0 Å². The zero-order chi connectivity index (χ0) is 15.3. The van der Waals surface area contributed by atoms with Crippen molar-refractivity contribution in [2.75, 3.05) is 18.1 Å². The maximum absolute atomic E-state index is 11.8. The highest BCUT2D eigenvalue weighted by molar-refractivity contribution is 5.84. The maximum Gasteiger partial charge on any atom is 0.329 e. The molecule has 0 radical (unpaired) electrons. The molecule has 116 valence electrons. The van der Waals surface area contributed by atoms with Gasteiger partial charge in [-0.25, -0.2) is 4.79 Å². The van der Waals surface area contributed by atoms with Crippen molar-refractivity contribution < 1.29 is 14.6 Å². The Morgan fingerprint density at radius 2 is 2.24 bits per heavy atom. The molecular formula is C15H23N3O3. The molecule has 1 aliphatic heterocycles. The van der Waals surface area contributed by atoms with Crippen LogP contribution in [0.4, 0.5) is 5.82 Å². The summed E-state index contributed by atoms with van der Waals surface area (Å²) in [4.78, 5) is 22.3. The zero-order valence-electron chi connectivity index (χ0n) is 12.7. The van der Waals surface area contributed by atoms with Crippen molar-refractivity contribution in [1.82, 2.24) is 9.97 Å². The van der Waals surface area contributed by atoms with E-state index in [-0.39, 0.29) is 0 Å². The Morgan fingerprint density at radius 1 is 1.43 bits per heavy atom. The van der Waals surface area contributed by atoms with Crippen molar-refractivity contribution in [2.45, 2.75) is 51.5 Å². The monoisotopic (exact) mass is 293 g/mol. The fourth-order valence-corrected chi connectivity index (χ4v) is 2.96. The quantitative estimate of drug-likeness (QED) is 0.832. The van der Waals surface area contributed by atoms with E-state index in [0.29, 0.717) is 37.7 Å². The molecule has 0 bridgehead atoms. The largest absolute Gasteiger partial charge is 0.479 e. The van der Waals surface area contributed by atoms with Gasteiger partial charge < -0.3 is 14.7 Å². The average molecular weight is 293 g/mol. The van der Waals surface area contributed by atoms with Crippen LogP contribution in [-0.2, 0) is 4.79 Å². The number of nitrogens with zero attached hydrogens (tertiary/aromatic N) is 3. The first-order chi connectivity index (χ1) is 10.1. The molecule has 1 fully saturated rings. The van der Waals surface area contributed by atoms with Crippen LogP contribution < -0.4 is 9.64 Å². The van der Waals surface area contributed by atoms with Gasteiger partial charge in [0.25, 0.3) is 0 Å². The minimum atomic E-state index is -0.854. The van der Waals surface area contributed by atoms with Crippen LogP contribution in [-0.4, -0.2) is 39.7 Å². The number of aromatic nitrogens is 2. The summed E-state index contributed by atoms with van der Waals surface area (Å²) in [5, 5.41) is 9.72. The van der Waals surface area contributed by atoms with Crippen LogP contribution >= 0.6 is 0 Å². The number of carboxylic acids is 1. The highest BCUT2D eigenvalue weighted by atomic mass is 16.5. The fraction of sp³-hybridized carbons (Fsp3) is 0.667. The molecule has 0 spiro atoms. The Balaban J connectivity index is 2.28. The third-order valence-electron chi connectivity index (χ3n) is 3.88. The summed E-state index contributed by atoms with van der Waals surface area (Å²) in [6.45, 7) is 5.30. The highest BCUT2D eigenvalue weighted by Gasteiger charge is 2.47. The van der Waals surface area contributed by atoms with E-state index in [1.54, 1.807) is 12.4 Å². The van der Waals surface area contributed by atoms with E-state index in [1.807, 2.05) is 18.7 Å².